The summed E-state index contributed by atoms with van der Waals surface area (Å²) in [6, 6.07) is 0.709. The first kappa shape index (κ1) is 19.6. The van der Waals surface area contributed by atoms with Gasteiger partial charge in [-0.1, -0.05) is 13.8 Å². The van der Waals surface area contributed by atoms with Gasteiger partial charge in [0.25, 0.3) is 0 Å². The average molecular weight is 351 g/mol. The molecule has 2 heterocycles. The zero-order valence-corrected chi connectivity index (χ0v) is 17.3. The highest BCUT2D eigenvalue weighted by molar-refractivity contribution is 4.96. The molecule has 0 aromatic carbocycles. The van der Waals surface area contributed by atoms with Crippen LogP contribution in [0.1, 0.15) is 47.0 Å². The summed E-state index contributed by atoms with van der Waals surface area (Å²) in [7, 11) is 0. The summed E-state index contributed by atoms with van der Waals surface area (Å²) in [5, 5.41) is 0. The van der Waals surface area contributed by atoms with Crippen LogP contribution in [0, 0.1) is 11.3 Å². The Bertz CT molecular complexity index is 389. The van der Waals surface area contributed by atoms with Gasteiger partial charge in [-0.25, -0.2) is 0 Å². The zero-order chi connectivity index (χ0) is 17.9. The predicted molar refractivity (Wildman–Crippen MR) is 107 cm³/mol. The Kier molecular flexibility index (Phi) is 6.81. The molecule has 2 saturated heterocycles. The van der Waals surface area contributed by atoms with Gasteiger partial charge >= 0.3 is 0 Å². The molecule has 0 unspecified atom stereocenters. The summed E-state index contributed by atoms with van der Waals surface area (Å²) in [4.78, 5) is 10.7. The van der Waals surface area contributed by atoms with E-state index in [4.69, 9.17) is 0 Å². The molecule has 3 aliphatic rings. The Balaban J connectivity index is 1.30. The maximum atomic E-state index is 2.76. The van der Waals surface area contributed by atoms with Crippen LogP contribution >= 0.6 is 0 Å². The largest absolute Gasteiger partial charge is 0.300 e. The Morgan fingerprint density at radius 2 is 1.16 bits per heavy atom. The molecule has 0 N–H and O–H groups in total. The van der Waals surface area contributed by atoms with E-state index in [1.807, 2.05) is 0 Å². The Morgan fingerprint density at radius 1 is 0.680 bits per heavy atom. The van der Waals surface area contributed by atoms with Gasteiger partial charge in [-0.15, -0.1) is 0 Å². The van der Waals surface area contributed by atoms with Crippen LogP contribution in [0.4, 0.5) is 0 Å². The third kappa shape index (κ3) is 5.92. The van der Waals surface area contributed by atoms with E-state index >= 15 is 0 Å². The van der Waals surface area contributed by atoms with Crippen molar-refractivity contribution in [3.05, 3.63) is 0 Å². The maximum absolute atomic E-state index is 2.76. The van der Waals surface area contributed by atoms with Gasteiger partial charge < -0.3 is 4.90 Å². The van der Waals surface area contributed by atoms with Crippen molar-refractivity contribution in [1.29, 1.82) is 0 Å². The smallest absolute Gasteiger partial charge is 0.0113 e. The van der Waals surface area contributed by atoms with Gasteiger partial charge in [-0.2, -0.15) is 0 Å². The minimum absolute atomic E-state index is 0.701. The van der Waals surface area contributed by atoms with Crippen molar-refractivity contribution < 1.29 is 0 Å². The van der Waals surface area contributed by atoms with Crippen LogP contribution in [0.5, 0.6) is 0 Å². The molecule has 25 heavy (non-hydrogen) atoms. The lowest BCUT2D eigenvalue weighted by atomic mass is 9.93. The number of nitrogens with zero attached hydrogens (tertiary/aromatic N) is 4. The van der Waals surface area contributed by atoms with Gasteiger partial charge in [0.15, 0.2) is 0 Å². The van der Waals surface area contributed by atoms with Crippen molar-refractivity contribution in [2.45, 2.75) is 53.0 Å². The molecule has 4 nitrogen and oxygen atoms in total. The minimum Gasteiger partial charge on any atom is -0.300 e. The van der Waals surface area contributed by atoms with Crippen molar-refractivity contribution in [3.63, 3.8) is 0 Å². The highest BCUT2D eigenvalue weighted by Gasteiger charge is 2.44. The van der Waals surface area contributed by atoms with Crippen LogP contribution < -0.4 is 0 Å². The second-order valence-corrected chi connectivity index (χ2v) is 9.69. The monoisotopic (exact) mass is 350 g/mol. The molecular formula is C21H42N4. The number of piperazine rings is 2. The van der Waals surface area contributed by atoms with Crippen molar-refractivity contribution in [3.8, 4) is 0 Å². The Morgan fingerprint density at radius 3 is 1.60 bits per heavy atom. The normalized spacial score (nSPS) is 26.6. The van der Waals surface area contributed by atoms with Gasteiger partial charge in [0.2, 0.25) is 0 Å². The van der Waals surface area contributed by atoms with E-state index in [-0.39, 0.29) is 0 Å². The molecule has 4 heteroatoms. The van der Waals surface area contributed by atoms with Crippen molar-refractivity contribution in [2.24, 2.45) is 11.3 Å². The summed E-state index contributed by atoms with van der Waals surface area (Å²) in [5.74, 6) is 0.861. The van der Waals surface area contributed by atoms with Crippen LogP contribution in [-0.4, -0.2) is 97.6 Å². The molecule has 146 valence electrons. The molecule has 0 aromatic heterocycles. The summed E-state index contributed by atoms with van der Waals surface area (Å²) >= 11 is 0. The van der Waals surface area contributed by atoms with E-state index in [0.29, 0.717) is 11.5 Å². The second kappa shape index (κ2) is 8.69. The average Bonchev–Trinajstić information content (AvgIpc) is 3.32. The van der Waals surface area contributed by atoms with E-state index < -0.39 is 0 Å². The third-order valence-corrected chi connectivity index (χ3v) is 6.69. The second-order valence-electron chi connectivity index (χ2n) is 9.69. The molecule has 0 spiro atoms. The fraction of sp³-hybridized carbons (Fsp3) is 1.00. The third-order valence-electron chi connectivity index (χ3n) is 6.69. The molecule has 0 bridgehead atoms. The molecule has 0 aromatic rings. The first-order chi connectivity index (χ1) is 12.0. The van der Waals surface area contributed by atoms with Crippen LogP contribution in [0.15, 0.2) is 0 Å². The molecule has 2 aliphatic heterocycles. The number of rotatable bonds is 8. The lowest BCUT2D eigenvalue weighted by Gasteiger charge is -2.40. The predicted octanol–water partition coefficient (Wildman–Crippen LogP) is 2.46. The van der Waals surface area contributed by atoms with E-state index in [0.717, 1.165) is 5.92 Å². The highest BCUT2D eigenvalue weighted by atomic mass is 15.3. The van der Waals surface area contributed by atoms with Gasteiger partial charge in [0.05, 0.1) is 0 Å². The fourth-order valence-electron chi connectivity index (χ4n) is 4.90. The van der Waals surface area contributed by atoms with Crippen LogP contribution in [0.3, 0.4) is 0 Å². The lowest BCUT2D eigenvalue weighted by molar-refractivity contribution is 0.0770. The minimum atomic E-state index is 0.701. The maximum Gasteiger partial charge on any atom is 0.0113 e. The molecule has 1 saturated carbocycles. The quantitative estimate of drug-likeness (QED) is 0.667. The summed E-state index contributed by atoms with van der Waals surface area (Å²) < 4.78 is 0. The van der Waals surface area contributed by atoms with Crippen LogP contribution in [-0.2, 0) is 0 Å². The number of hydrogen-bond donors (Lipinski definition) is 0. The highest BCUT2D eigenvalue weighted by Crippen LogP contribution is 2.51. The Hall–Kier alpha value is -0.160. The molecule has 0 amide bonds. The molecule has 3 rings (SSSR count). The molecule has 1 aliphatic carbocycles. The van der Waals surface area contributed by atoms with Gasteiger partial charge in [-0.3, -0.25) is 14.7 Å². The molecule has 0 radical (unpaired) electrons. The van der Waals surface area contributed by atoms with E-state index in [1.165, 1.54) is 91.3 Å². The van der Waals surface area contributed by atoms with E-state index in [2.05, 4.69) is 47.3 Å². The molecular weight excluding hydrogens is 308 g/mol. The van der Waals surface area contributed by atoms with Crippen molar-refractivity contribution in [2.75, 3.05) is 72.0 Å². The zero-order valence-electron chi connectivity index (χ0n) is 17.3. The standard InChI is InChI=1S/C21H42N4/c1-19(2)17-21(5-6-21)18-24-11-9-22(10-12-24)7-8-23-13-15-25(16-14-23)20(3)4/h19-20H,5-18H2,1-4H3. The van der Waals surface area contributed by atoms with Crippen molar-refractivity contribution >= 4 is 0 Å². The van der Waals surface area contributed by atoms with Crippen molar-refractivity contribution in [1.82, 2.24) is 19.6 Å². The number of hydrogen-bond acceptors (Lipinski definition) is 4. The Labute approximate surface area is 156 Å². The molecule has 3 fully saturated rings. The topological polar surface area (TPSA) is 13.0 Å². The SMILES string of the molecule is CC(C)CC1(CN2CCN(CCN3CCN(C(C)C)CC3)CC2)CC1. The van der Waals surface area contributed by atoms with Gasteiger partial charge in [0, 0.05) is 78.0 Å². The van der Waals surface area contributed by atoms with Crippen LogP contribution in [0.25, 0.3) is 0 Å². The molecule has 0 atom stereocenters. The van der Waals surface area contributed by atoms with Crippen LogP contribution in [0.2, 0.25) is 0 Å². The fourth-order valence-corrected chi connectivity index (χ4v) is 4.90. The van der Waals surface area contributed by atoms with Gasteiger partial charge in [0.1, 0.15) is 0 Å². The summed E-state index contributed by atoms with van der Waals surface area (Å²) in [6.07, 6.45) is 4.40. The lowest BCUT2D eigenvalue weighted by Crippen LogP contribution is -2.52. The van der Waals surface area contributed by atoms with E-state index in [1.54, 1.807) is 0 Å². The summed E-state index contributed by atoms with van der Waals surface area (Å²) in [5.41, 5.74) is 0.701. The van der Waals surface area contributed by atoms with Gasteiger partial charge in [-0.05, 0) is 44.4 Å². The summed E-state index contributed by atoms with van der Waals surface area (Å²) in [6.45, 7) is 23.5. The van der Waals surface area contributed by atoms with E-state index in [9.17, 15) is 0 Å². The first-order valence-corrected chi connectivity index (χ1v) is 10.9. The first-order valence-electron chi connectivity index (χ1n) is 10.9.